The van der Waals surface area contributed by atoms with Crippen molar-refractivity contribution in [2.75, 3.05) is 0 Å². The van der Waals surface area contributed by atoms with E-state index < -0.39 is 11.2 Å². The summed E-state index contributed by atoms with van der Waals surface area (Å²) in [6.07, 6.45) is 1.83. The number of esters is 1. The van der Waals surface area contributed by atoms with Gasteiger partial charge in [0.25, 0.3) is 0 Å². The van der Waals surface area contributed by atoms with Crippen molar-refractivity contribution in [1.29, 1.82) is 0 Å². The van der Waals surface area contributed by atoms with Gasteiger partial charge in [-0.2, -0.15) is 0 Å². The molecule has 0 saturated heterocycles. The van der Waals surface area contributed by atoms with E-state index in [2.05, 4.69) is 13.8 Å². The average molecular weight is 296 g/mol. The molecule has 0 amide bonds. The van der Waals surface area contributed by atoms with E-state index in [1.165, 1.54) is 6.92 Å². The minimum absolute atomic E-state index is 0.0634. The number of rotatable bonds is 1. The fourth-order valence-corrected chi connectivity index (χ4v) is 5.69. The second-order valence-electron chi connectivity index (χ2n) is 8.61. The lowest BCUT2D eigenvalue weighted by atomic mass is 9.73. The van der Waals surface area contributed by atoms with E-state index in [1.54, 1.807) is 0 Å². The number of ether oxygens (including phenoxy) is 1. The van der Waals surface area contributed by atoms with E-state index in [4.69, 9.17) is 4.74 Å². The smallest absolute Gasteiger partial charge is 0.302 e. The van der Waals surface area contributed by atoms with Crippen LogP contribution in [0.15, 0.2) is 0 Å². The third-order valence-electron chi connectivity index (χ3n) is 6.63. The Bertz CT molecular complexity index is 465. The van der Waals surface area contributed by atoms with Crippen LogP contribution in [0, 0.1) is 29.1 Å². The molecule has 3 aliphatic rings. The van der Waals surface area contributed by atoms with Crippen molar-refractivity contribution in [3.05, 3.63) is 0 Å². The third-order valence-corrected chi connectivity index (χ3v) is 6.63. The molecule has 4 heteroatoms. The molecule has 3 aliphatic carbocycles. The Kier molecular flexibility index (Phi) is 3.08. The van der Waals surface area contributed by atoms with Gasteiger partial charge in [-0.3, -0.25) is 4.79 Å². The van der Waals surface area contributed by atoms with Gasteiger partial charge >= 0.3 is 5.97 Å². The van der Waals surface area contributed by atoms with Gasteiger partial charge < -0.3 is 14.9 Å². The van der Waals surface area contributed by atoms with Crippen molar-refractivity contribution in [2.24, 2.45) is 29.1 Å². The lowest BCUT2D eigenvalue weighted by Crippen LogP contribution is -2.44. The van der Waals surface area contributed by atoms with Crippen molar-refractivity contribution < 1.29 is 19.7 Å². The van der Waals surface area contributed by atoms with Gasteiger partial charge in [-0.15, -0.1) is 0 Å². The summed E-state index contributed by atoms with van der Waals surface area (Å²) in [5.74, 6) is 0.456. The highest BCUT2D eigenvalue weighted by molar-refractivity contribution is 5.66. The van der Waals surface area contributed by atoms with Crippen LogP contribution >= 0.6 is 0 Å². The van der Waals surface area contributed by atoms with Gasteiger partial charge in [-0.25, -0.2) is 0 Å². The zero-order chi connectivity index (χ0) is 15.8. The maximum atomic E-state index is 11.4. The normalized spacial score (nSPS) is 54.3. The number of hydrogen-bond acceptors (Lipinski definition) is 4. The lowest BCUT2D eigenvalue weighted by Gasteiger charge is -2.38. The second-order valence-corrected chi connectivity index (χ2v) is 8.61. The molecule has 0 heterocycles. The maximum Gasteiger partial charge on any atom is 0.302 e. The Morgan fingerprint density at radius 1 is 1.05 bits per heavy atom. The minimum Gasteiger partial charge on any atom is -0.462 e. The van der Waals surface area contributed by atoms with Crippen LogP contribution in [0.1, 0.15) is 53.9 Å². The first kappa shape index (κ1) is 15.3. The molecule has 0 bridgehead atoms. The molecule has 0 radical (unpaired) electrons. The Balaban J connectivity index is 1.99. The zero-order valence-corrected chi connectivity index (χ0v) is 13.7. The number of aliphatic hydroxyl groups is 2. The van der Waals surface area contributed by atoms with Crippen molar-refractivity contribution in [3.63, 3.8) is 0 Å². The van der Waals surface area contributed by atoms with Gasteiger partial charge in [0.1, 0.15) is 6.10 Å². The van der Waals surface area contributed by atoms with Gasteiger partial charge in [-0.05, 0) is 49.9 Å². The van der Waals surface area contributed by atoms with Crippen LogP contribution in [0.3, 0.4) is 0 Å². The Morgan fingerprint density at radius 2 is 1.67 bits per heavy atom. The monoisotopic (exact) mass is 296 g/mol. The minimum atomic E-state index is -0.880. The molecular formula is C17H28O4. The maximum absolute atomic E-state index is 11.4. The fraction of sp³-hybridized carbons (Fsp3) is 0.941. The molecule has 4 nitrogen and oxygen atoms in total. The van der Waals surface area contributed by atoms with Crippen LogP contribution in [0.25, 0.3) is 0 Å². The molecule has 21 heavy (non-hydrogen) atoms. The summed E-state index contributed by atoms with van der Waals surface area (Å²) in [5.41, 5.74) is -1.54. The molecular weight excluding hydrogens is 268 g/mol. The summed E-state index contributed by atoms with van der Waals surface area (Å²) in [6.45, 7) is 9.58. The molecule has 0 spiro atoms. The highest BCUT2D eigenvalue weighted by Crippen LogP contribution is 2.72. The first-order chi connectivity index (χ1) is 9.48. The summed E-state index contributed by atoms with van der Waals surface area (Å²) in [4.78, 5) is 11.4. The standard InChI is InChI=1S/C17H28O4/c1-9(18)21-11-8-17(5,20)10-6-7-16(4,19)12(10)14-13(11)15(14,2)3/h10-14,19-20H,6-8H2,1-5H3/t10?,11-,12?,13+,14-,16+,17+/m0/s1. The number of hydrogen-bond donors (Lipinski definition) is 2. The largest absolute Gasteiger partial charge is 0.462 e. The summed E-state index contributed by atoms with van der Waals surface area (Å²) in [7, 11) is 0. The first-order valence-corrected chi connectivity index (χ1v) is 8.10. The fourth-order valence-electron chi connectivity index (χ4n) is 5.69. The number of fused-ring (bicyclic) bond motifs is 3. The van der Waals surface area contributed by atoms with Crippen molar-refractivity contribution in [3.8, 4) is 0 Å². The number of carbonyl (C=O) groups excluding carboxylic acids is 1. The Labute approximate surface area is 126 Å². The SMILES string of the molecule is CC(=O)O[C@H]1C[C@@](C)(O)C2CC[C@@](C)(O)C2[C@H]2[C@@H]1C2(C)C. The van der Waals surface area contributed by atoms with Crippen LogP contribution in [-0.4, -0.2) is 33.5 Å². The van der Waals surface area contributed by atoms with Gasteiger partial charge in [0.2, 0.25) is 0 Å². The van der Waals surface area contributed by atoms with Gasteiger partial charge in [0.15, 0.2) is 0 Å². The molecule has 7 atom stereocenters. The van der Waals surface area contributed by atoms with E-state index in [9.17, 15) is 15.0 Å². The summed E-state index contributed by atoms with van der Waals surface area (Å²) in [5, 5.41) is 21.8. The molecule has 3 saturated carbocycles. The van der Waals surface area contributed by atoms with Crippen LogP contribution in [0.4, 0.5) is 0 Å². The number of carbonyl (C=O) groups is 1. The summed E-state index contributed by atoms with van der Waals surface area (Å²) >= 11 is 0. The van der Waals surface area contributed by atoms with E-state index in [0.717, 1.165) is 12.8 Å². The molecule has 2 N–H and O–H groups in total. The molecule has 0 aromatic carbocycles. The van der Waals surface area contributed by atoms with Crippen LogP contribution < -0.4 is 0 Å². The summed E-state index contributed by atoms with van der Waals surface area (Å²) in [6, 6.07) is 0. The molecule has 120 valence electrons. The van der Waals surface area contributed by atoms with Gasteiger partial charge in [0.05, 0.1) is 11.2 Å². The van der Waals surface area contributed by atoms with Crippen LogP contribution in [0.2, 0.25) is 0 Å². The summed E-state index contributed by atoms with van der Waals surface area (Å²) < 4.78 is 5.55. The van der Waals surface area contributed by atoms with E-state index in [-0.39, 0.29) is 35.2 Å². The van der Waals surface area contributed by atoms with Crippen molar-refractivity contribution in [1.82, 2.24) is 0 Å². The topological polar surface area (TPSA) is 66.8 Å². The van der Waals surface area contributed by atoms with E-state index in [1.807, 2.05) is 13.8 Å². The van der Waals surface area contributed by atoms with Crippen molar-refractivity contribution >= 4 is 5.97 Å². The van der Waals surface area contributed by atoms with Crippen LogP contribution in [0.5, 0.6) is 0 Å². The van der Waals surface area contributed by atoms with Crippen molar-refractivity contribution in [2.45, 2.75) is 71.2 Å². The highest BCUT2D eigenvalue weighted by Gasteiger charge is 2.73. The Morgan fingerprint density at radius 3 is 2.24 bits per heavy atom. The Hall–Kier alpha value is -0.610. The third kappa shape index (κ3) is 2.14. The second kappa shape index (κ2) is 4.23. The first-order valence-electron chi connectivity index (χ1n) is 8.10. The zero-order valence-electron chi connectivity index (χ0n) is 13.7. The average Bonchev–Trinajstić information content (AvgIpc) is 2.71. The van der Waals surface area contributed by atoms with Gasteiger partial charge in [0, 0.05) is 19.3 Å². The molecule has 0 aromatic rings. The predicted octanol–water partition coefficient (Wildman–Crippen LogP) is 2.12. The van der Waals surface area contributed by atoms with Crippen LogP contribution in [-0.2, 0) is 9.53 Å². The lowest BCUT2D eigenvalue weighted by molar-refractivity contribution is -0.152. The molecule has 3 rings (SSSR count). The molecule has 3 fully saturated rings. The molecule has 0 aromatic heterocycles. The molecule has 2 unspecified atom stereocenters. The van der Waals surface area contributed by atoms with Gasteiger partial charge in [-0.1, -0.05) is 13.8 Å². The highest BCUT2D eigenvalue weighted by atomic mass is 16.5. The van der Waals surface area contributed by atoms with E-state index in [0.29, 0.717) is 12.3 Å². The predicted molar refractivity (Wildman–Crippen MR) is 78.4 cm³/mol. The van der Waals surface area contributed by atoms with E-state index >= 15 is 0 Å². The quantitative estimate of drug-likeness (QED) is 0.727. The molecule has 0 aliphatic heterocycles.